The number of nitrogens with zero attached hydrogens (tertiary/aromatic N) is 1. The summed E-state index contributed by atoms with van der Waals surface area (Å²) in [6.07, 6.45) is 1.94. The molecule has 110 valence electrons. The number of aliphatic hydroxyl groups excluding tert-OH is 1. The van der Waals surface area contributed by atoms with E-state index in [2.05, 4.69) is 11.8 Å². The molecule has 0 atom stereocenters. The van der Waals surface area contributed by atoms with Gasteiger partial charge in [-0.3, -0.25) is 0 Å². The van der Waals surface area contributed by atoms with Gasteiger partial charge in [-0.05, 0) is 30.9 Å². The number of hydrogen-bond donors (Lipinski definition) is 1. The van der Waals surface area contributed by atoms with Crippen molar-refractivity contribution in [3.63, 3.8) is 0 Å². The molecule has 0 aliphatic rings. The fraction of sp³-hybridized carbons (Fsp3) is 0.429. The lowest BCUT2D eigenvalue weighted by atomic mass is 10.1. The Bertz CT molecular complexity index is 615. The lowest BCUT2D eigenvalue weighted by molar-refractivity contribution is 0.350. The fourth-order valence-electron chi connectivity index (χ4n) is 1.61. The van der Waals surface area contributed by atoms with Gasteiger partial charge >= 0.3 is 0 Å². The second-order valence-electron chi connectivity index (χ2n) is 4.26. The van der Waals surface area contributed by atoms with Crippen molar-refractivity contribution in [1.29, 1.82) is 0 Å². The van der Waals surface area contributed by atoms with Crippen molar-refractivity contribution in [2.24, 2.45) is 0 Å². The summed E-state index contributed by atoms with van der Waals surface area (Å²) in [5.74, 6) is 6.00. The molecule has 1 aromatic rings. The minimum atomic E-state index is -3.50. The molecule has 1 aromatic carbocycles. The molecule has 0 radical (unpaired) electrons. The van der Waals surface area contributed by atoms with E-state index in [0.717, 1.165) is 5.75 Å². The van der Waals surface area contributed by atoms with Crippen molar-refractivity contribution in [3.8, 4) is 11.8 Å². The van der Waals surface area contributed by atoms with E-state index in [0.29, 0.717) is 17.7 Å². The summed E-state index contributed by atoms with van der Waals surface area (Å²) in [4.78, 5) is 0.269. The molecule has 0 heterocycles. The Balaban J connectivity index is 3.16. The smallest absolute Gasteiger partial charge is 0.243 e. The lowest BCUT2D eigenvalue weighted by Crippen LogP contribution is -2.29. The Hall–Kier alpha value is -1.00. The van der Waals surface area contributed by atoms with Crippen LogP contribution in [0.1, 0.15) is 11.1 Å². The molecule has 6 heteroatoms. The van der Waals surface area contributed by atoms with E-state index in [-0.39, 0.29) is 11.5 Å². The minimum Gasteiger partial charge on any atom is -0.384 e. The average Bonchev–Trinajstić information content (AvgIpc) is 2.43. The molecule has 20 heavy (non-hydrogen) atoms. The first-order valence-corrected chi connectivity index (χ1v) is 8.92. The SMILES string of the molecule is CSCCN(C)S(=O)(=O)c1cc(C#CCO)ccc1C. The minimum absolute atomic E-state index is 0.246. The Morgan fingerprint density at radius 3 is 2.70 bits per heavy atom. The molecule has 0 saturated heterocycles. The molecule has 0 bridgehead atoms. The van der Waals surface area contributed by atoms with E-state index >= 15 is 0 Å². The van der Waals surface area contributed by atoms with Gasteiger partial charge in [0.05, 0.1) is 4.90 Å². The predicted molar refractivity (Wildman–Crippen MR) is 83.3 cm³/mol. The summed E-state index contributed by atoms with van der Waals surface area (Å²) in [5.41, 5.74) is 1.28. The van der Waals surface area contributed by atoms with Crippen LogP contribution in [0.4, 0.5) is 0 Å². The molecule has 0 aliphatic heterocycles. The number of hydrogen-bond acceptors (Lipinski definition) is 4. The molecule has 4 nitrogen and oxygen atoms in total. The maximum absolute atomic E-state index is 12.5. The normalized spacial score (nSPS) is 11.2. The highest BCUT2D eigenvalue weighted by Gasteiger charge is 2.22. The van der Waals surface area contributed by atoms with Crippen LogP contribution in [0.25, 0.3) is 0 Å². The molecular weight excluding hydrogens is 294 g/mol. The zero-order valence-corrected chi connectivity index (χ0v) is 13.5. The van der Waals surface area contributed by atoms with E-state index in [9.17, 15) is 8.42 Å². The average molecular weight is 313 g/mol. The Morgan fingerprint density at radius 2 is 2.10 bits per heavy atom. The highest BCUT2D eigenvalue weighted by atomic mass is 32.2. The molecule has 0 unspecified atom stereocenters. The number of aliphatic hydroxyl groups is 1. The first kappa shape index (κ1) is 17.1. The van der Waals surface area contributed by atoms with E-state index in [1.54, 1.807) is 43.9 Å². The number of benzene rings is 1. The zero-order valence-electron chi connectivity index (χ0n) is 11.9. The van der Waals surface area contributed by atoms with Crippen molar-refractivity contribution in [1.82, 2.24) is 4.31 Å². The monoisotopic (exact) mass is 313 g/mol. The quantitative estimate of drug-likeness (QED) is 0.833. The van der Waals surface area contributed by atoms with Crippen molar-refractivity contribution < 1.29 is 13.5 Å². The summed E-state index contributed by atoms with van der Waals surface area (Å²) >= 11 is 1.60. The van der Waals surface area contributed by atoms with E-state index in [4.69, 9.17) is 5.11 Å². The fourth-order valence-corrected chi connectivity index (χ4v) is 3.60. The Kier molecular flexibility index (Phi) is 6.56. The molecular formula is C14H19NO3S2. The number of sulfonamides is 1. The van der Waals surface area contributed by atoms with Crippen LogP contribution in [-0.4, -0.2) is 50.0 Å². The summed E-state index contributed by atoms with van der Waals surface area (Å²) < 4.78 is 26.4. The van der Waals surface area contributed by atoms with Gasteiger partial charge in [-0.1, -0.05) is 17.9 Å². The maximum atomic E-state index is 12.5. The largest absolute Gasteiger partial charge is 0.384 e. The Morgan fingerprint density at radius 1 is 1.40 bits per heavy atom. The molecule has 0 aromatic heterocycles. The van der Waals surface area contributed by atoms with Crippen LogP contribution in [0.15, 0.2) is 23.1 Å². The topological polar surface area (TPSA) is 57.6 Å². The number of rotatable bonds is 5. The Labute approximate surface area is 125 Å². The molecule has 0 aliphatic carbocycles. The van der Waals surface area contributed by atoms with Crippen LogP contribution in [0.5, 0.6) is 0 Å². The first-order valence-electron chi connectivity index (χ1n) is 6.09. The molecule has 0 amide bonds. The van der Waals surface area contributed by atoms with Crippen LogP contribution in [0.2, 0.25) is 0 Å². The van der Waals surface area contributed by atoms with Gasteiger partial charge in [0.1, 0.15) is 6.61 Å². The summed E-state index contributed by atoms with van der Waals surface area (Å²) in [7, 11) is -1.92. The maximum Gasteiger partial charge on any atom is 0.243 e. The second kappa shape index (κ2) is 7.70. The van der Waals surface area contributed by atoms with E-state index in [1.807, 2.05) is 6.26 Å². The lowest BCUT2D eigenvalue weighted by Gasteiger charge is -2.18. The van der Waals surface area contributed by atoms with Gasteiger partial charge in [0.2, 0.25) is 10.0 Å². The van der Waals surface area contributed by atoms with Gasteiger partial charge in [0.25, 0.3) is 0 Å². The number of aryl methyl sites for hydroxylation is 1. The van der Waals surface area contributed by atoms with Crippen molar-refractivity contribution in [3.05, 3.63) is 29.3 Å². The van der Waals surface area contributed by atoms with Crippen molar-refractivity contribution in [2.45, 2.75) is 11.8 Å². The predicted octanol–water partition coefficient (Wildman–Crippen LogP) is 1.32. The van der Waals surface area contributed by atoms with Gasteiger partial charge in [-0.25, -0.2) is 12.7 Å². The van der Waals surface area contributed by atoms with E-state index < -0.39 is 10.0 Å². The second-order valence-corrected chi connectivity index (χ2v) is 7.26. The van der Waals surface area contributed by atoms with Crippen molar-refractivity contribution in [2.75, 3.05) is 32.2 Å². The van der Waals surface area contributed by atoms with Gasteiger partial charge in [-0.15, -0.1) is 0 Å². The zero-order chi connectivity index (χ0) is 15.2. The molecule has 0 saturated carbocycles. The van der Waals surface area contributed by atoms with Gasteiger partial charge in [0, 0.05) is 24.9 Å². The van der Waals surface area contributed by atoms with Crippen molar-refractivity contribution >= 4 is 21.8 Å². The first-order chi connectivity index (χ1) is 9.43. The van der Waals surface area contributed by atoms with Crippen LogP contribution in [0.3, 0.4) is 0 Å². The summed E-state index contributed by atoms with van der Waals surface area (Å²) in [6, 6.07) is 5.04. The molecule has 1 N–H and O–H groups in total. The van der Waals surface area contributed by atoms with Gasteiger partial charge in [-0.2, -0.15) is 11.8 Å². The van der Waals surface area contributed by atoms with Crippen LogP contribution in [0, 0.1) is 18.8 Å². The summed E-state index contributed by atoms with van der Waals surface area (Å²) in [6.45, 7) is 1.98. The van der Waals surface area contributed by atoms with Gasteiger partial charge < -0.3 is 5.11 Å². The third-order valence-corrected chi connectivity index (χ3v) is 5.39. The van der Waals surface area contributed by atoms with Gasteiger partial charge in [0.15, 0.2) is 0 Å². The highest BCUT2D eigenvalue weighted by molar-refractivity contribution is 7.98. The highest BCUT2D eigenvalue weighted by Crippen LogP contribution is 2.20. The number of thioether (sulfide) groups is 1. The standard InChI is InChI=1S/C14H19NO3S2/c1-12-6-7-13(5-4-9-16)11-14(12)20(17,18)15(2)8-10-19-3/h6-7,11,16H,8-10H2,1-3H3. The van der Waals surface area contributed by atoms with Crippen LogP contribution < -0.4 is 0 Å². The third kappa shape index (κ3) is 4.25. The molecule has 0 spiro atoms. The third-order valence-electron chi connectivity index (χ3n) is 2.80. The van der Waals surface area contributed by atoms with E-state index in [1.165, 1.54) is 4.31 Å². The summed E-state index contributed by atoms with van der Waals surface area (Å²) in [5, 5.41) is 8.69. The molecule has 1 rings (SSSR count). The van der Waals surface area contributed by atoms with Crippen LogP contribution in [-0.2, 0) is 10.0 Å². The van der Waals surface area contributed by atoms with Crippen LogP contribution >= 0.6 is 11.8 Å². The molecule has 0 fully saturated rings.